The van der Waals surface area contributed by atoms with Crippen LogP contribution in [0.5, 0.6) is 17.4 Å². The molecule has 5 rings (SSSR count). The van der Waals surface area contributed by atoms with E-state index in [1.165, 1.54) is 5.56 Å². The molecule has 0 saturated carbocycles. The monoisotopic (exact) mass is 464 g/mol. The number of rotatable bonds is 6. The molecule has 7 heteroatoms. The van der Waals surface area contributed by atoms with Gasteiger partial charge >= 0.3 is 0 Å². The molecular formula is C28H24N4O3. The van der Waals surface area contributed by atoms with Crippen LogP contribution >= 0.6 is 0 Å². The molecule has 1 unspecified atom stereocenters. The van der Waals surface area contributed by atoms with Gasteiger partial charge in [0.25, 0.3) is 0 Å². The number of H-pyrrole nitrogens is 1. The summed E-state index contributed by atoms with van der Waals surface area (Å²) in [5.41, 5.74) is 12.0. The van der Waals surface area contributed by atoms with Crippen molar-refractivity contribution in [3.05, 3.63) is 107 Å². The highest BCUT2D eigenvalue weighted by molar-refractivity contribution is 5.71. The normalized spacial score (nSPS) is 14.6. The van der Waals surface area contributed by atoms with E-state index < -0.39 is 5.92 Å². The van der Waals surface area contributed by atoms with E-state index in [-0.39, 0.29) is 5.88 Å². The Labute approximate surface area is 203 Å². The zero-order valence-corrected chi connectivity index (χ0v) is 19.4. The fourth-order valence-electron chi connectivity index (χ4n) is 4.27. The Morgan fingerprint density at radius 3 is 2.60 bits per heavy atom. The van der Waals surface area contributed by atoms with Gasteiger partial charge in [-0.2, -0.15) is 5.26 Å². The smallest absolute Gasteiger partial charge is 0.244 e. The zero-order chi connectivity index (χ0) is 24.4. The fraction of sp³-hybridized carbons (Fsp3) is 0.143. The average molecular weight is 465 g/mol. The third-order valence-corrected chi connectivity index (χ3v) is 6.16. The molecule has 3 N–H and O–H groups in total. The lowest BCUT2D eigenvalue weighted by Gasteiger charge is -2.24. The van der Waals surface area contributed by atoms with Crippen LogP contribution in [0.25, 0.3) is 11.3 Å². The van der Waals surface area contributed by atoms with Crippen LogP contribution in [0.4, 0.5) is 0 Å². The lowest BCUT2D eigenvalue weighted by molar-refractivity contribution is 0.305. The molecule has 4 aromatic rings. The van der Waals surface area contributed by atoms with E-state index in [1.54, 1.807) is 7.11 Å². The highest BCUT2D eigenvalue weighted by Gasteiger charge is 2.35. The molecule has 7 nitrogen and oxygen atoms in total. The van der Waals surface area contributed by atoms with Crippen LogP contribution < -0.4 is 19.9 Å². The minimum atomic E-state index is -0.471. The molecule has 0 amide bonds. The van der Waals surface area contributed by atoms with Crippen molar-refractivity contribution in [3.63, 3.8) is 0 Å². The summed E-state index contributed by atoms with van der Waals surface area (Å²) in [7, 11) is 1.62. The molecule has 0 saturated heterocycles. The van der Waals surface area contributed by atoms with Crippen LogP contribution in [0, 0.1) is 18.3 Å². The van der Waals surface area contributed by atoms with Crippen molar-refractivity contribution < 1.29 is 14.2 Å². The van der Waals surface area contributed by atoms with Gasteiger partial charge in [0.05, 0.1) is 24.3 Å². The van der Waals surface area contributed by atoms with E-state index >= 15 is 0 Å². The molecule has 174 valence electrons. The second-order valence-corrected chi connectivity index (χ2v) is 8.26. The fourth-order valence-corrected chi connectivity index (χ4v) is 4.27. The van der Waals surface area contributed by atoms with E-state index in [1.807, 2.05) is 66.7 Å². The number of hydrogen-bond donors (Lipinski definition) is 2. The Kier molecular flexibility index (Phi) is 5.86. The molecule has 2 heterocycles. The number of methoxy groups -OCH3 is 1. The third-order valence-electron chi connectivity index (χ3n) is 6.16. The van der Waals surface area contributed by atoms with Crippen LogP contribution in [-0.4, -0.2) is 17.3 Å². The Balaban J connectivity index is 1.54. The van der Waals surface area contributed by atoms with Crippen LogP contribution in [0.2, 0.25) is 0 Å². The van der Waals surface area contributed by atoms with E-state index in [4.69, 9.17) is 19.9 Å². The van der Waals surface area contributed by atoms with Gasteiger partial charge in [0, 0.05) is 5.56 Å². The zero-order valence-electron chi connectivity index (χ0n) is 19.4. The minimum absolute atomic E-state index is 0.0454. The lowest BCUT2D eigenvalue weighted by atomic mass is 9.83. The van der Waals surface area contributed by atoms with Crippen molar-refractivity contribution in [3.8, 4) is 34.7 Å². The molecule has 35 heavy (non-hydrogen) atoms. The van der Waals surface area contributed by atoms with Gasteiger partial charge in [-0.25, -0.2) is 0 Å². The molecule has 0 fully saturated rings. The topological polar surface area (TPSA) is 106 Å². The summed E-state index contributed by atoms with van der Waals surface area (Å²) in [6.45, 7) is 2.51. The second-order valence-electron chi connectivity index (χ2n) is 8.26. The predicted octanol–water partition coefficient (Wildman–Crippen LogP) is 5.19. The highest BCUT2D eigenvalue weighted by Crippen LogP contribution is 2.46. The molecular weight excluding hydrogens is 440 g/mol. The summed E-state index contributed by atoms with van der Waals surface area (Å²) in [6.07, 6.45) is 0. The van der Waals surface area contributed by atoms with Crippen molar-refractivity contribution in [1.82, 2.24) is 10.2 Å². The molecule has 1 aliphatic rings. The molecule has 1 aromatic heterocycles. The number of allylic oxidation sites excluding steroid dienone is 1. The molecule has 0 radical (unpaired) electrons. The number of nitrogens with zero attached hydrogens (tertiary/aromatic N) is 2. The molecule has 0 bridgehead atoms. The quantitative estimate of drug-likeness (QED) is 0.407. The number of aromatic amines is 1. The van der Waals surface area contributed by atoms with Crippen LogP contribution in [0.15, 0.2) is 84.3 Å². The van der Waals surface area contributed by atoms with E-state index in [9.17, 15) is 5.26 Å². The summed E-state index contributed by atoms with van der Waals surface area (Å²) in [4.78, 5) is 0. The summed E-state index contributed by atoms with van der Waals surface area (Å²) in [5.74, 6) is 1.37. The summed E-state index contributed by atoms with van der Waals surface area (Å²) in [5, 5.41) is 17.4. The van der Waals surface area contributed by atoms with E-state index in [2.05, 4.69) is 29.3 Å². The predicted molar refractivity (Wildman–Crippen MR) is 132 cm³/mol. The molecule has 1 aliphatic heterocycles. The largest absolute Gasteiger partial charge is 0.497 e. The second kappa shape index (κ2) is 9.27. The maximum Gasteiger partial charge on any atom is 0.244 e. The molecule has 0 spiro atoms. The Morgan fingerprint density at radius 2 is 1.86 bits per heavy atom. The number of nitrogens with two attached hydrogens (primary N) is 1. The van der Waals surface area contributed by atoms with Gasteiger partial charge in [-0.3, -0.25) is 5.10 Å². The van der Waals surface area contributed by atoms with Gasteiger partial charge in [-0.05, 0) is 60.0 Å². The first-order valence-electron chi connectivity index (χ1n) is 11.2. The number of aromatic nitrogens is 2. The van der Waals surface area contributed by atoms with Crippen molar-refractivity contribution in [2.75, 3.05) is 7.11 Å². The minimum Gasteiger partial charge on any atom is -0.497 e. The van der Waals surface area contributed by atoms with Gasteiger partial charge in [0.15, 0.2) is 0 Å². The number of nitriles is 1. The van der Waals surface area contributed by atoms with Crippen LogP contribution in [0.1, 0.15) is 28.2 Å². The van der Waals surface area contributed by atoms with Crippen molar-refractivity contribution in [2.24, 2.45) is 5.73 Å². The number of benzene rings is 3. The third kappa shape index (κ3) is 4.18. The summed E-state index contributed by atoms with van der Waals surface area (Å²) >= 11 is 0. The number of hydrogen-bond acceptors (Lipinski definition) is 6. The van der Waals surface area contributed by atoms with E-state index in [0.717, 1.165) is 33.7 Å². The first-order chi connectivity index (χ1) is 17.1. The molecule has 1 atom stereocenters. The van der Waals surface area contributed by atoms with E-state index in [0.29, 0.717) is 23.8 Å². The van der Waals surface area contributed by atoms with Gasteiger partial charge < -0.3 is 19.9 Å². The van der Waals surface area contributed by atoms with Crippen LogP contribution in [0.3, 0.4) is 0 Å². The first-order valence-corrected chi connectivity index (χ1v) is 11.2. The van der Waals surface area contributed by atoms with Gasteiger partial charge in [-0.15, -0.1) is 5.10 Å². The number of nitrogens with one attached hydrogen (secondary N) is 1. The summed E-state index contributed by atoms with van der Waals surface area (Å²) < 4.78 is 17.1. The Bertz CT molecular complexity index is 1450. The molecule has 0 aliphatic carbocycles. The standard InChI is InChI=1S/C28H24N4O3/c1-17-6-3-4-7-20(17)16-34-22-9-5-8-19(14-22)24-23(15-29)27(30)35-28-25(24)26(31-32-28)18-10-12-21(33-2)13-11-18/h3-14,24H,16,30H2,1-2H3,(H,31,32). The van der Waals surface area contributed by atoms with Gasteiger partial charge in [0.2, 0.25) is 11.8 Å². The Hall–Kier alpha value is -4.70. The van der Waals surface area contributed by atoms with Crippen molar-refractivity contribution >= 4 is 0 Å². The first kappa shape index (κ1) is 22.1. The van der Waals surface area contributed by atoms with Gasteiger partial charge in [0.1, 0.15) is 29.7 Å². The number of aryl methyl sites for hydroxylation is 1. The lowest BCUT2D eigenvalue weighted by Crippen LogP contribution is -2.21. The van der Waals surface area contributed by atoms with Crippen molar-refractivity contribution in [2.45, 2.75) is 19.4 Å². The number of ether oxygens (including phenoxy) is 3. The SMILES string of the molecule is COc1ccc(-c2[nH]nc3c2C(c2cccc(OCc4ccccc4C)c2)C(C#N)=C(N)O3)cc1. The Morgan fingerprint density at radius 1 is 1.06 bits per heavy atom. The highest BCUT2D eigenvalue weighted by atomic mass is 16.5. The molecule has 3 aromatic carbocycles. The summed E-state index contributed by atoms with van der Waals surface area (Å²) in [6, 6.07) is 25.7. The maximum absolute atomic E-state index is 9.99. The number of fused-ring (bicyclic) bond motifs is 1. The van der Waals surface area contributed by atoms with Crippen LogP contribution in [-0.2, 0) is 6.61 Å². The van der Waals surface area contributed by atoms with Crippen molar-refractivity contribution in [1.29, 1.82) is 5.26 Å². The average Bonchev–Trinajstić information content (AvgIpc) is 3.31. The van der Waals surface area contributed by atoms with Gasteiger partial charge in [-0.1, -0.05) is 36.4 Å². The maximum atomic E-state index is 9.99.